The molecule has 3 rings (SSSR count). The van der Waals surface area contributed by atoms with Crippen molar-refractivity contribution in [3.63, 3.8) is 0 Å². The number of rotatable bonds is 3. The Hall–Kier alpha value is -1.55. The maximum absolute atomic E-state index is 10.9. The van der Waals surface area contributed by atoms with Crippen LogP contribution in [0.1, 0.15) is 30.4 Å². The van der Waals surface area contributed by atoms with Crippen LogP contribution in [0.2, 0.25) is 0 Å². The average Bonchev–Trinajstić information content (AvgIpc) is 2.95. The van der Waals surface area contributed by atoms with Gasteiger partial charge in [0.15, 0.2) is 0 Å². The summed E-state index contributed by atoms with van der Waals surface area (Å²) in [5, 5.41) is 12.1. The number of carboxylic acid groups (broad SMARTS) is 1. The first-order valence-electron chi connectivity index (χ1n) is 6.87. The zero-order valence-electron chi connectivity index (χ0n) is 11.1. The van der Waals surface area contributed by atoms with E-state index >= 15 is 0 Å². The van der Waals surface area contributed by atoms with Crippen LogP contribution in [0.5, 0.6) is 5.75 Å². The molecule has 1 aromatic carbocycles. The second-order valence-electron chi connectivity index (χ2n) is 5.62. The Morgan fingerprint density at radius 3 is 3.05 bits per heavy atom. The van der Waals surface area contributed by atoms with E-state index in [1.54, 1.807) is 0 Å². The minimum Gasteiger partial charge on any atom is -0.490 e. The van der Waals surface area contributed by atoms with Crippen LogP contribution in [0.15, 0.2) is 18.2 Å². The third-order valence-electron chi connectivity index (χ3n) is 4.04. The van der Waals surface area contributed by atoms with E-state index in [4.69, 9.17) is 9.84 Å². The van der Waals surface area contributed by atoms with Gasteiger partial charge in [0, 0.05) is 12.5 Å². The molecule has 2 aliphatic rings. The van der Waals surface area contributed by atoms with Gasteiger partial charge in [0.2, 0.25) is 0 Å². The van der Waals surface area contributed by atoms with Crippen molar-refractivity contribution in [2.45, 2.75) is 50.8 Å². The van der Waals surface area contributed by atoms with Gasteiger partial charge in [0.05, 0.1) is 0 Å². The van der Waals surface area contributed by atoms with Crippen molar-refractivity contribution < 1.29 is 14.6 Å². The molecule has 3 atom stereocenters. The predicted molar refractivity (Wildman–Crippen MR) is 71.5 cm³/mol. The fourth-order valence-electron chi connectivity index (χ4n) is 3.10. The van der Waals surface area contributed by atoms with Crippen LogP contribution in [-0.2, 0) is 11.2 Å². The third-order valence-corrected chi connectivity index (χ3v) is 4.04. The molecule has 4 nitrogen and oxygen atoms in total. The lowest BCUT2D eigenvalue weighted by Crippen LogP contribution is -2.37. The fourth-order valence-corrected chi connectivity index (χ4v) is 3.10. The number of carbonyl (C=O) groups is 1. The lowest BCUT2D eigenvalue weighted by Gasteiger charge is -2.16. The molecule has 3 unspecified atom stereocenters. The van der Waals surface area contributed by atoms with Crippen molar-refractivity contribution in [1.82, 2.24) is 5.32 Å². The van der Waals surface area contributed by atoms with E-state index in [9.17, 15) is 4.79 Å². The molecule has 0 radical (unpaired) electrons. The summed E-state index contributed by atoms with van der Waals surface area (Å²) in [5.74, 6) is 0.247. The Kier molecular flexibility index (Phi) is 3.19. The highest BCUT2D eigenvalue weighted by molar-refractivity contribution is 5.73. The van der Waals surface area contributed by atoms with E-state index < -0.39 is 5.97 Å². The highest BCUT2D eigenvalue weighted by Crippen LogP contribution is 2.32. The summed E-state index contributed by atoms with van der Waals surface area (Å²) in [6, 6.07) is 6.16. The first-order valence-corrected chi connectivity index (χ1v) is 6.87. The van der Waals surface area contributed by atoms with Crippen LogP contribution in [0.3, 0.4) is 0 Å². The molecular weight excluding hydrogens is 242 g/mol. The van der Waals surface area contributed by atoms with E-state index in [0.717, 1.165) is 31.4 Å². The van der Waals surface area contributed by atoms with E-state index in [0.29, 0.717) is 0 Å². The van der Waals surface area contributed by atoms with Crippen LogP contribution in [0, 0.1) is 6.92 Å². The van der Waals surface area contributed by atoms with E-state index in [2.05, 4.69) is 24.4 Å². The van der Waals surface area contributed by atoms with Crippen molar-refractivity contribution in [2.24, 2.45) is 0 Å². The second kappa shape index (κ2) is 4.85. The second-order valence-corrected chi connectivity index (χ2v) is 5.62. The molecule has 0 saturated carbocycles. The minimum atomic E-state index is -0.742. The maximum Gasteiger partial charge on any atom is 0.320 e. The molecule has 102 valence electrons. The zero-order chi connectivity index (χ0) is 13.4. The number of benzene rings is 1. The molecular formula is C15H19NO3. The summed E-state index contributed by atoms with van der Waals surface area (Å²) in [6.45, 7) is 2.09. The number of ether oxygens (including phenoxy) is 1. The van der Waals surface area contributed by atoms with Crippen LogP contribution in [0.4, 0.5) is 0 Å². The highest BCUT2D eigenvalue weighted by Gasteiger charge is 2.32. The number of carboxylic acids is 1. The molecule has 2 N–H and O–H groups in total. The molecule has 0 spiro atoms. The van der Waals surface area contributed by atoms with Crippen LogP contribution < -0.4 is 10.1 Å². The van der Waals surface area contributed by atoms with Crippen molar-refractivity contribution in [3.05, 3.63) is 29.3 Å². The summed E-state index contributed by atoms with van der Waals surface area (Å²) in [5.41, 5.74) is 2.53. The Bertz CT molecular complexity index is 500. The normalized spacial score (nSPS) is 29.0. The Morgan fingerprint density at radius 1 is 1.47 bits per heavy atom. The van der Waals surface area contributed by atoms with E-state index in [-0.39, 0.29) is 18.2 Å². The molecule has 2 aliphatic heterocycles. The number of nitrogens with one attached hydrogen (secondary N) is 1. The number of aryl methyl sites for hydroxylation is 1. The highest BCUT2D eigenvalue weighted by atomic mass is 16.5. The van der Waals surface area contributed by atoms with Crippen molar-refractivity contribution in [2.75, 3.05) is 0 Å². The topological polar surface area (TPSA) is 58.6 Å². The standard InChI is InChI=1S/C15H19NO3/c1-9-2-5-14-10(6-9)7-12(19-14)8-11-3-4-13(16-11)15(17)18/h2,5-6,11-13,16H,3-4,7-8H2,1H3,(H,17,18). The molecule has 0 aromatic heterocycles. The van der Waals surface area contributed by atoms with Crippen molar-refractivity contribution in [3.8, 4) is 5.75 Å². The van der Waals surface area contributed by atoms with Gasteiger partial charge in [-0.2, -0.15) is 0 Å². The quantitative estimate of drug-likeness (QED) is 0.872. The molecule has 0 amide bonds. The Labute approximate surface area is 112 Å². The minimum absolute atomic E-state index is 0.182. The Balaban J connectivity index is 1.58. The lowest BCUT2D eigenvalue weighted by molar-refractivity contribution is -0.139. The fraction of sp³-hybridized carbons (Fsp3) is 0.533. The molecule has 0 aliphatic carbocycles. The van der Waals surface area contributed by atoms with Crippen LogP contribution in [-0.4, -0.2) is 29.3 Å². The van der Waals surface area contributed by atoms with Gasteiger partial charge in [-0.15, -0.1) is 0 Å². The lowest BCUT2D eigenvalue weighted by atomic mass is 10.0. The Morgan fingerprint density at radius 2 is 2.32 bits per heavy atom. The van der Waals surface area contributed by atoms with Gasteiger partial charge in [-0.1, -0.05) is 17.7 Å². The molecule has 1 aromatic rings. The molecule has 4 heteroatoms. The summed E-state index contributed by atoms with van der Waals surface area (Å²) >= 11 is 0. The van der Waals surface area contributed by atoms with E-state index in [1.165, 1.54) is 11.1 Å². The number of aliphatic carboxylic acids is 1. The molecule has 1 saturated heterocycles. The van der Waals surface area contributed by atoms with E-state index in [1.807, 2.05) is 6.07 Å². The maximum atomic E-state index is 10.9. The van der Waals surface area contributed by atoms with Gasteiger partial charge in [0.25, 0.3) is 0 Å². The predicted octanol–water partition coefficient (Wildman–Crippen LogP) is 1.89. The number of hydrogen-bond donors (Lipinski definition) is 2. The van der Waals surface area contributed by atoms with Crippen molar-refractivity contribution in [1.29, 1.82) is 0 Å². The summed E-state index contributed by atoms with van der Waals surface area (Å²) in [6.07, 6.45) is 3.65. The molecule has 0 bridgehead atoms. The average molecular weight is 261 g/mol. The van der Waals surface area contributed by atoms with Gasteiger partial charge < -0.3 is 15.2 Å². The van der Waals surface area contributed by atoms with Gasteiger partial charge in [-0.05, 0) is 37.8 Å². The van der Waals surface area contributed by atoms with Crippen molar-refractivity contribution >= 4 is 5.97 Å². The first kappa shape index (κ1) is 12.5. The van der Waals surface area contributed by atoms with Gasteiger partial charge >= 0.3 is 5.97 Å². The summed E-state index contributed by atoms with van der Waals surface area (Å²) in [7, 11) is 0. The molecule has 19 heavy (non-hydrogen) atoms. The zero-order valence-corrected chi connectivity index (χ0v) is 11.1. The summed E-state index contributed by atoms with van der Waals surface area (Å²) in [4.78, 5) is 10.9. The molecule has 1 fully saturated rings. The molecule has 2 heterocycles. The smallest absolute Gasteiger partial charge is 0.320 e. The number of fused-ring (bicyclic) bond motifs is 1. The van der Waals surface area contributed by atoms with Crippen LogP contribution >= 0.6 is 0 Å². The van der Waals surface area contributed by atoms with Gasteiger partial charge in [0.1, 0.15) is 17.9 Å². The first-order chi connectivity index (χ1) is 9.11. The third kappa shape index (κ3) is 2.59. The van der Waals surface area contributed by atoms with Gasteiger partial charge in [-0.3, -0.25) is 4.79 Å². The number of hydrogen-bond acceptors (Lipinski definition) is 3. The SMILES string of the molecule is Cc1ccc2c(c1)CC(CC1CCC(C(=O)O)N1)O2. The van der Waals surface area contributed by atoms with Gasteiger partial charge in [-0.25, -0.2) is 0 Å². The monoisotopic (exact) mass is 261 g/mol. The summed E-state index contributed by atoms with van der Waals surface area (Å²) < 4.78 is 5.93. The largest absolute Gasteiger partial charge is 0.490 e. The van der Waals surface area contributed by atoms with Crippen LogP contribution in [0.25, 0.3) is 0 Å².